The molecule has 0 radical (unpaired) electrons. The molecule has 2 fully saturated rings. The van der Waals surface area contributed by atoms with E-state index in [9.17, 15) is 14.7 Å². The van der Waals surface area contributed by atoms with Crippen LogP contribution in [0, 0.1) is 5.92 Å². The predicted molar refractivity (Wildman–Crippen MR) is 96.3 cm³/mol. The van der Waals surface area contributed by atoms with Gasteiger partial charge in [0.1, 0.15) is 24.0 Å². The van der Waals surface area contributed by atoms with Crippen molar-refractivity contribution in [2.45, 2.75) is 44.2 Å². The Hall–Kier alpha value is -1.60. The van der Waals surface area contributed by atoms with Crippen LogP contribution in [0.3, 0.4) is 0 Å². The van der Waals surface area contributed by atoms with Crippen LogP contribution in [0.15, 0.2) is 28.7 Å². The number of imide groups is 1. The van der Waals surface area contributed by atoms with Crippen molar-refractivity contribution in [2.75, 3.05) is 13.2 Å². The fourth-order valence-electron chi connectivity index (χ4n) is 3.42. The first kappa shape index (κ1) is 18.2. The number of aliphatic hydroxyl groups is 1. The second-order valence-corrected chi connectivity index (χ2v) is 7.94. The molecule has 0 aromatic heterocycles. The van der Waals surface area contributed by atoms with Gasteiger partial charge in [0, 0.05) is 4.47 Å². The van der Waals surface area contributed by atoms with Gasteiger partial charge in [-0.2, -0.15) is 0 Å². The van der Waals surface area contributed by atoms with Crippen LogP contribution in [0.25, 0.3) is 0 Å². The highest BCUT2D eigenvalue weighted by molar-refractivity contribution is 9.10. The van der Waals surface area contributed by atoms with Crippen LogP contribution < -0.4 is 10.1 Å². The highest BCUT2D eigenvalue weighted by atomic mass is 79.9. The van der Waals surface area contributed by atoms with E-state index in [1.165, 1.54) is 0 Å². The smallest absolute Gasteiger partial charge is 0.325 e. The summed E-state index contributed by atoms with van der Waals surface area (Å²) in [6.07, 6.45) is 2.25. The summed E-state index contributed by atoms with van der Waals surface area (Å²) in [5.41, 5.74) is -0.768. The molecule has 1 spiro atoms. The number of nitrogens with zero attached hydrogens (tertiary/aromatic N) is 1. The molecule has 136 valence electrons. The van der Waals surface area contributed by atoms with Crippen molar-refractivity contribution in [3.8, 4) is 5.75 Å². The Morgan fingerprint density at radius 3 is 2.60 bits per heavy atom. The van der Waals surface area contributed by atoms with Gasteiger partial charge in [-0.25, -0.2) is 4.79 Å². The Morgan fingerprint density at radius 2 is 1.96 bits per heavy atom. The maximum absolute atomic E-state index is 12.7. The number of aliphatic hydroxyl groups excluding tert-OH is 1. The normalized spacial score (nSPS) is 27.5. The Kier molecular flexibility index (Phi) is 5.34. The van der Waals surface area contributed by atoms with Gasteiger partial charge in [-0.1, -0.05) is 22.9 Å². The van der Waals surface area contributed by atoms with Crippen molar-refractivity contribution in [2.24, 2.45) is 5.92 Å². The monoisotopic (exact) mass is 410 g/mol. The topological polar surface area (TPSA) is 78.9 Å². The number of urea groups is 1. The maximum atomic E-state index is 12.7. The lowest BCUT2D eigenvalue weighted by Crippen LogP contribution is -2.49. The first-order chi connectivity index (χ1) is 11.9. The van der Waals surface area contributed by atoms with Gasteiger partial charge in [-0.3, -0.25) is 9.69 Å². The third kappa shape index (κ3) is 3.98. The van der Waals surface area contributed by atoms with E-state index < -0.39 is 17.7 Å². The molecule has 3 rings (SSSR count). The number of carbonyl (C=O) groups is 2. The summed E-state index contributed by atoms with van der Waals surface area (Å²) in [6.45, 7) is 2.12. The van der Waals surface area contributed by atoms with Gasteiger partial charge in [0.25, 0.3) is 5.91 Å². The standard InChI is InChI=1S/C18H23BrN2O4/c1-12-6-8-18(9-7-12)16(23)21(17(24)20-18)10-14(22)11-25-15-4-2-13(19)3-5-15/h2-5,12,14,22H,6-11H2,1H3,(H,20,24)/t12?,14-,18?/m0/s1. The zero-order valence-electron chi connectivity index (χ0n) is 14.2. The molecule has 3 amide bonds. The van der Waals surface area contributed by atoms with Crippen LogP contribution >= 0.6 is 15.9 Å². The van der Waals surface area contributed by atoms with Gasteiger partial charge in [0.05, 0.1) is 6.54 Å². The van der Waals surface area contributed by atoms with E-state index in [0.717, 1.165) is 22.2 Å². The van der Waals surface area contributed by atoms with Crippen LogP contribution in [0.2, 0.25) is 0 Å². The van der Waals surface area contributed by atoms with E-state index in [1.807, 2.05) is 12.1 Å². The summed E-state index contributed by atoms with van der Waals surface area (Å²) in [5, 5.41) is 13.0. The maximum Gasteiger partial charge on any atom is 0.325 e. The minimum atomic E-state index is -0.934. The quantitative estimate of drug-likeness (QED) is 0.731. The lowest BCUT2D eigenvalue weighted by Gasteiger charge is -2.33. The van der Waals surface area contributed by atoms with Crippen molar-refractivity contribution in [1.29, 1.82) is 0 Å². The summed E-state index contributed by atoms with van der Waals surface area (Å²) in [7, 11) is 0. The first-order valence-corrected chi connectivity index (χ1v) is 9.39. The van der Waals surface area contributed by atoms with Crippen molar-refractivity contribution in [1.82, 2.24) is 10.2 Å². The lowest BCUT2D eigenvalue weighted by atomic mass is 9.77. The second-order valence-electron chi connectivity index (χ2n) is 7.03. The molecule has 1 saturated heterocycles. The Labute approximate surface area is 155 Å². The molecule has 6 nitrogen and oxygen atoms in total. The molecule has 2 N–H and O–H groups in total. The number of halogens is 1. The number of benzene rings is 1. The molecule has 2 aliphatic rings. The Morgan fingerprint density at radius 1 is 1.32 bits per heavy atom. The van der Waals surface area contributed by atoms with Crippen LogP contribution in [0.1, 0.15) is 32.6 Å². The number of β-amino-alcohol motifs (C(OH)–C–C–N with tert-alkyl or cyclic N) is 1. The molecule has 0 bridgehead atoms. The second kappa shape index (κ2) is 7.33. The van der Waals surface area contributed by atoms with Crippen LogP contribution in [0.4, 0.5) is 4.79 Å². The average molecular weight is 411 g/mol. The summed E-state index contributed by atoms with van der Waals surface area (Å²) < 4.78 is 6.45. The number of hydrogen-bond donors (Lipinski definition) is 2. The summed E-state index contributed by atoms with van der Waals surface area (Å²) in [6, 6.07) is 6.83. The minimum absolute atomic E-state index is 0.0166. The molecule has 1 heterocycles. The molecule has 1 atom stereocenters. The summed E-state index contributed by atoms with van der Waals surface area (Å²) in [5.74, 6) is 0.985. The number of nitrogens with one attached hydrogen (secondary N) is 1. The molecule has 25 heavy (non-hydrogen) atoms. The van der Waals surface area contributed by atoms with Gasteiger partial charge in [-0.05, 0) is 55.9 Å². The van der Waals surface area contributed by atoms with Gasteiger partial charge < -0.3 is 15.2 Å². The number of rotatable bonds is 5. The van der Waals surface area contributed by atoms with Crippen LogP contribution in [-0.4, -0.2) is 46.7 Å². The van der Waals surface area contributed by atoms with E-state index >= 15 is 0 Å². The van der Waals surface area contributed by atoms with E-state index in [2.05, 4.69) is 28.2 Å². The molecule has 1 aromatic carbocycles. The molecule has 1 aliphatic heterocycles. The van der Waals surface area contributed by atoms with Crippen LogP contribution in [-0.2, 0) is 4.79 Å². The number of amides is 3. The number of ether oxygens (including phenoxy) is 1. The van der Waals surface area contributed by atoms with Crippen LogP contribution in [0.5, 0.6) is 5.75 Å². The van der Waals surface area contributed by atoms with Gasteiger partial charge in [-0.15, -0.1) is 0 Å². The SMILES string of the molecule is CC1CCC2(CC1)NC(=O)N(C[C@H](O)COc1ccc(Br)cc1)C2=O. The average Bonchev–Trinajstić information content (AvgIpc) is 2.82. The zero-order chi connectivity index (χ0) is 18.0. The Bertz CT molecular complexity index is 641. The van der Waals surface area contributed by atoms with E-state index in [1.54, 1.807) is 12.1 Å². The Balaban J connectivity index is 1.55. The number of carbonyl (C=O) groups excluding carboxylic acids is 2. The van der Waals surface area contributed by atoms with Crippen molar-refractivity contribution >= 4 is 27.9 Å². The molecule has 7 heteroatoms. The van der Waals surface area contributed by atoms with Crippen molar-refractivity contribution in [3.63, 3.8) is 0 Å². The highest BCUT2D eigenvalue weighted by Gasteiger charge is 2.52. The lowest BCUT2D eigenvalue weighted by molar-refractivity contribution is -0.133. The molecule has 1 saturated carbocycles. The fraction of sp³-hybridized carbons (Fsp3) is 0.556. The molecule has 0 unspecified atom stereocenters. The van der Waals surface area contributed by atoms with Gasteiger partial charge >= 0.3 is 6.03 Å². The molecular formula is C18H23BrN2O4. The van der Waals surface area contributed by atoms with E-state index in [-0.39, 0.29) is 19.1 Å². The van der Waals surface area contributed by atoms with E-state index in [4.69, 9.17) is 4.74 Å². The zero-order valence-corrected chi connectivity index (χ0v) is 15.8. The van der Waals surface area contributed by atoms with Crippen molar-refractivity contribution < 1.29 is 19.4 Å². The largest absolute Gasteiger partial charge is 0.491 e. The summed E-state index contributed by atoms with van der Waals surface area (Å²) in [4.78, 5) is 26.1. The van der Waals surface area contributed by atoms with Crippen molar-refractivity contribution in [3.05, 3.63) is 28.7 Å². The van der Waals surface area contributed by atoms with Gasteiger partial charge in [0.2, 0.25) is 0 Å². The fourth-order valence-corrected chi connectivity index (χ4v) is 3.69. The number of hydrogen-bond acceptors (Lipinski definition) is 4. The third-order valence-corrected chi connectivity index (χ3v) is 5.55. The summed E-state index contributed by atoms with van der Waals surface area (Å²) >= 11 is 3.34. The molecular weight excluding hydrogens is 388 g/mol. The highest BCUT2D eigenvalue weighted by Crippen LogP contribution is 2.36. The molecule has 1 aliphatic carbocycles. The van der Waals surface area contributed by atoms with E-state index in [0.29, 0.717) is 24.5 Å². The predicted octanol–water partition coefficient (Wildman–Crippen LogP) is 2.69. The first-order valence-electron chi connectivity index (χ1n) is 8.60. The molecule has 1 aromatic rings. The third-order valence-electron chi connectivity index (χ3n) is 5.02. The van der Waals surface area contributed by atoms with Gasteiger partial charge in [0.15, 0.2) is 0 Å². The minimum Gasteiger partial charge on any atom is -0.491 e.